The van der Waals surface area contributed by atoms with Gasteiger partial charge in [0.15, 0.2) is 5.69 Å². The summed E-state index contributed by atoms with van der Waals surface area (Å²) in [7, 11) is 1.37. The number of hydrogen-bond donors (Lipinski definition) is 2. The van der Waals surface area contributed by atoms with Crippen LogP contribution in [0.25, 0.3) is 11.3 Å². The number of nitrogen functional groups attached to an aromatic ring is 1. The summed E-state index contributed by atoms with van der Waals surface area (Å²) >= 11 is 0. The lowest BCUT2D eigenvalue weighted by Crippen LogP contribution is -2.13. The van der Waals surface area contributed by atoms with Gasteiger partial charge in [-0.1, -0.05) is 0 Å². The standard InChI is InChI=1S/C18H13F3N6O/c1-27-13(8-14(26-27)18(19,20)21)12-6-7-15(24-16(12)23)25-17(28)11-4-2-10(9-22)3-5-11/h2-8H,1H3,(H3,23,24,25,28). The quantitative estimate of drug-likeness (QED) is 0.718. The number of benzene rings is 1. The first-order valence-corrected chi connectivity index (χ1v) is 7.88. The van der Waals surface area contributed by atoms with Crippen molar-refractivity contribution in [1.82, 2.24) is 14.8 Å². The summed E-state index contributed by atoms with van der Waals surface area (Å²) in [6.45, 7) is 0. The summed E-state index contributed by atoms with van der Waals surface area (Å²) in [5.74, 6) is -0.396. The van der Waals surface area contributed by atoms with E-state index in [4.69, 9.17) is 11.0 Å². The number of halogens is 3. The molecule has 2 aromatic heterocycles. The van der Waals surface area contributed by atoms with Crippen LogP contribution in [0.3, 0.4) is 0 Å². The first kappa shape index (κ1) is 18.9. The minimum Gasteiger partial charge on any atom is -0.383 e. The molecule has 0 saturated carbocycles. The number of amides is 1. The van der Waals surface area contributed by atoms with Gasteiger partial charge in [-0.25, -0.2) is 4.98 Å². The van der Waals surface area contributed by atoms with Crippen LogP contribution in [-0.2, 0) is 13.2 Å². The first-order chi connectivity index (χ1) is 13.2. The van der Waals surface area contributed by atoms with Crippen LogP contribution in [0.15, 0.2) is 42.5 Å². The number of carbonyl (C=O) groups is 1. The molecule has 1 amide bonds. The van der Waals surface area contributed by atoms with Gasteiger partial charge in [0, 0.05) is 18.2 Å². The first-order valence-electron chi connectivity index (χ1n) is 7.88. The SMILES string of the molecule is Cn1nc(C(F)(F)F)cc1-c1ccc(NC(=O)c2ccc(C#N)cc2)nc1N. The lowest BCUT2D eigenvalue weighted by molar-refractivity contribution is -0.141. The number of alkyl halides is 3. The van der Waals surface area contributed by atoms with E-state index in [1.54, 1.807) is 0 Å². The van der Waals surface area contributed by atoms with Crippen molar-refractivity contribution in [2.75, 3.05) is 11.1 Å². The summed E-state index contributed by atoms with van der Waals surface area (Å²) in [6.07, 6.45) is -4.58. The number of nitrogens with two attached hydrogens (primary N) is 1. The zero-order chi connectivity index (χ0) is 20.5. The molecule has 1 aromatic carbocycles. The Labute approximate surface area is 157 Å². The molecule has 28 heavy (non-hydrogen) atoms. The molecule has 0 saturated heterocycles. The fourth-order valence-electron chi connectivity index (χ4n) is 2.50. The number of aryl methyl sites for hydroxylation is 1. The Kier molecular flexibility index (Phi) is 4.75. The minimum atomic E-state index is -4.58. The summed E-state index contributed by atoms with van der Waals surface area (Å²) in [5, 5.41) is 14.8. The molecule has 0 atom stereocenters. The highest BCUT2D eigenvalue weighted by molar-refractivity contribution is 6.04. The molecule has 7 nitrogen and oxygen atoms in total. The van der Waals surface area contributed by atoms with Crippen LogP contribution in [-0.4, -0.2) is 20.7 Å². The van der Waals surface area contributed by atoms with Crippen LogP contribution < -0.4 is 11.1 Å². The predicted molar refractivity (Wildman–Crippen MR) is 95.0 cm³/mol. The van der Waals surface area contributed by atoms with Crippen molar-refractivity contribution in [2.24, 2.45) is 7.05 Å². The highest BCUT2D eigenvalue weighted by Crippen LogP contribution is 2.33. The average Bonchev–Trinajstić information content (AvgIpc) is 3.04. The van der Waals surface area contributed by atoms with Crippen molar-refractivity contribution < 1.29 is 18.0 Å². The zero-order valence-corrected chi connectivity index (χ0v) is 14.4. The van der Waals surface area contributed by atoms with Gasteiger partial charge in [-0.3, -0.25) is 9.48 Å². The normalized spacial score (nSPS) is 11.1. The lowest BCUT2D eigenvalue weighted by Gasteiger charge is -2.09. The van der Waals surface area contributed by atoms with E-state index in [9.17, 15) is 18.0 Å². The van der Waals surface area contributed by atoms with E-state index in [0.717, 1.165) is 10.7 Å². The molecule has 3 N–H and O–H groups in total. The van der Waals surface area contributed by atoms with E-state index in [0.29, 0.717) is 11.1 Å². The monoisotopic (exact) mass is 386 g/mol. The van der Waals surface area contributed by atoms with E-state index in [1.807, 2.05) is 6.07 Å². The number of anilines is 2. The molecule has 0 radical (unpaired) electrons. The highest BCUT2D eigenvalue weighted by Gasteiger charge is 2.35. The smallest absolute Gasteiger partial charge is 0.383 e. The Bertz CT molecular complexity index is 1080. The van der Waals surface area contributed by atoms with Gasteiger partial charge in [0.25, 0.3) is 5.91 Å². The third-order valence-corrected chi connectivity index (χ3v) is 3.89. The van der Waals surface area contributed by atoms with Gasteiger partial charge in [0.05, 0.1) is 17.3 Å². The van der Waals surface area contributed by atoms with Gasteiger partial charge in [-0.15, -0.1) is 0 Å². The van der Waals surface area contributed by atoms with Gasteiger partial charge in [0.2, 0.25) is 0 Å². The summed E-state index contributed by atoms with van der Waals surface area (Å²) < 4.78 is 39.5. The molecule has 0 unspecified atom stereocenters. The molecule has 0 aliphatic rings. The molecule has 3 aromatic rings. The van der Waals surface area contributed by atoms with Crippen molar-refractivity contribution >= 4 is 17.5 Å². The average molecular weight is 386 g/mol. The molecule has 0 bridgehead atoms. The fourth-order valence-corrected chi connectivity index (χ4v) is 2.50. The van der Waals surface area contributed by atoms with Crippen LogP contribution in [0, 0.1) is 11.3 Å². The van der Waals surface area contributed by atoms with Crippen LogP contribution >= 0.6 is 0 Å². The topological polar surface area (TPSA) is 110 Å². The number of rotatable bonds is 3. The molecular formula is C18H13F3N6O. The van der Waals surface area contributed by atoms with Crippen molar-refractivity contribution in [2.45, 2.75) is 6.18 Å². The lowest BCUT2D eigenvalue weighted by atomic mass is 10.1. The van der Waals surface area contributed by atoms with Crippen LogP contribution in [0.4, 0.5) is 24.8 Å². The maximum atomic E-state index is 12.8. The third-order valence-electron chi connectivity index (χ3n) is 3.89. The number of carbonyl (C=O) groups excluding carboxylic acids is 1. The Balaban J connectivity index is 1.84. The number of nitriles is 1. The van der Waals surface area contributed by atoms with Crippen LogP contribution in [0.5, 0.6) is 0 Å². The molecule has 0 aliphatic heterocycles. The highest BCUT2D eigenvalue weighted by atomic mass is 19.4. The number of nitrogens with one attached hydrogen (secondary N) is 1. The number of aromatic nitrogens is 3. The van der Waals surface area contributed by atoms with Gasteiger partial charge < -0.3 is 11.1 Å². The molecule has 0 fully saturated rings. The van der Waals surface area contributed by atoms with Gasteiger partial charge in [0.1, 0.15) is 11.6 Å². The van der Waals surface area contributed by atoms with E-state index in [2.05, 4.69) is 15.4 Å². The van der Waals surface area contributed by atoms with Gasteiger partial charge >= 0.3 is 6.18 Å². The Morgan fingerprint density at radius 1 is 1.21 bits per heavy atom. The fraction of sp³-hybridized carbons (Fsp3) is 0.111. The Morgan fingerprint density at radius 2 is 1.89 bits per heavy atom. The maximum absolute atomic E-state index is 12.8. The van der Waals surface area contributed by atoms with Crippen LogP contribution in [0.1, 0.15) is 21.6 Å². The van der Waals surface area contributed by atoms with E-state index >= 15 is 0 Å². The summed E-state index contributed by atoms with van der Waals surface area (Å²) in [5.41, 5.74) is 5.95. The van der Waals surface area contributed by atoms with Gasteiger partial charge in [-0.2, -0.15) is 23.5 Å². The van der Waals surface area contributed by atoms with Gasteiger partial charge in [-0.05, 0) is 42.5 Å². The minimum absolute atomic E-state index is 0.0608. The maximum Gasteiger partial charge on any atom is 0.435 e. The second-order valence-corrected chi connectivity index (χ2v) is 5.81. The summed E-state index contributed by atoms with van der Waals surface area (Å²) in [6, 6.07) is 11.7. The number of pyridine rings is 1. The summed E-state index contributed by atoms with van der Waals surface area (Å²) in [4.78, 5) is 16.3. The number of hydrogen-bond acceptors (Lipinski definition) is 5. The van der Waals surface area contributed by atoms with E-state index in [-0.39, 0.29) is 22.9 Å². The second kappa shape index (κ2) is 7.03. The predicted octanol–water partition coefficient (Wildman–Crippen LogP) is 3.21. The molecule has 3 rings (SSSR count). The molecule has 10 heteroatoms. The van der Waals surface area contributed by atoms with Crippen molar-refractivity contribution in [3.8, 4) is 17.3 Å². The Morgan fingerprint density at radius 3 is 2.43 bits per heavy atom. The molecule has 0 spiro atoms. The second-order valence-electron chi connectivity index (χ2n) is 5.81. The third kappa shape index (κ3) is 3.78. The zero-order valence-electron chi connectivity index (χ0n) is 14.4. The molecule has 2 heterocycles. The Hall–Kier alpha value is -3.87. The van der Waals surface area contributed by atoms with Crippen molar-refractivity contribution in [1.29, 1.82) is 5.26 Å². The van der Waals surface area contributed by atoms with Crippen molar-refractivity contribution in [3.05, 3.63) is 59.3 Å². The van der Waals surface area contributed by atoms with Crippen molar-refractivity contribution in [3.63, 3.8) is 0 Å². The van der Waals surface area contributed by atoms with Crippen LogP contribution in [0.2, 0.25) is 0 Å². The molecular weight excluding hydrogens is 373 g/mol. The van der Waals surface area contributed by atoms with E-state index < -0.39 is 17.8 Å². The largest absolute Gasteiger partial charge is 0.435 e. The van der Waals surface area contributed by atoms with E-state index in [1.165, 1.54) is 43.4 Å². The molecule has 142 valence electrons. The number of nitrogens with zero attached hydrogens (tertiary/aromatic N) is 4. The molecule has 0 aliphatic carbocycles.